The van der Waals surface area contributed by atoms with E-state index in [1.807, 2.05) is 0 Å². The summed E-state index contributed by atoms with van der Waals surface area (Å²) >= 11 is 0. The molecule has 1 fully saturated rings. The van der Waals surface area contributed by atoms with Crippen molar-refractivity contribution in [2.45, 2.75) is 52.5 Å². The summed E-state index contributed by atoms with van der Waals surface area (Å²) in [6.45, 7) is 6.89. The fraction of sp³-hybridized carbons (Fsp3) is 0.647. The number of rotatable bonds is 3. The van der Waals surface area contributed by atoms with Crippen LogP contribution in [0.1, 0.15) is 55.3 Å². The van der Waals surface area contributed by atoms with Crippen LogP contribution < -0.4 is 5.32 Å². The van der Waals surface area contributed by atoms with Gasteiger partial charge in [0, 0.05) is 6.04 Å². The Hall–Kier alpha value is -0.820. The Morgan fingerprint density at radius 1 is 1.22 bits per heavy atom. The molecule has 0 heterocycles. The van der Waals surface area contributed by atoms with Crippen molar-refractivity contribution < 1.29 is 0 Å². The predicted molar refractivity (Wildman–Crippen MR) is 78.8 cm³/mol. The molecule has 1 aromatic rings. The van der Waals surface area contributed by atoms with E-state index in [2.05, 4.69) is 51.3 Å². The molecule has 0 aliphatic heterocycles. The molecule has 1 nitrogen and oxygen atoms in total. The normalized spacial score (nSPS) is 26.0. The quantitative estimate of drug-likeness (QED) is 0.832. The van der Waals surface area contributed by atoms with Gasteiger partial charge in [-0.25, -0.2) is 0 Å². The summed E-state index contributed by atoms with van der Waals surface area (Å²) in [5.41, 5.74) is 4.39. The SMILES string of the molecule is CNC(c1cccc(C)c1C)C1CCCC(C)C1. The minimum atomic E-state index is 0.535. The number of hydrogen-bond donors (Lipinski definition) is 1. The van der Waals surface area contributed by atoms with Crippen molar-refractivity contribution >= 4 is 0 Å². The molecule has 0 amide bonds. The Morgan fingerprint density at radius 3 is 2.67 bits per heavy atom. The summed E-state index contributed by atoms with van der Waals surface area (Å²) in [6, 6.07) is 7.26. The number of nitrogens with one attached hydrogen (secondary N) is 1. The molecule has 0 spiro atoms. The molecule has 3 atom stereocenters. The van der Waals surface area contributed by atoms with Crippen molar-refractivity contribution in [3.05, 3.63) is 34.9 Å². The Bertz CT molecular complexity index is 397. The van der Waals surface area contributed by atoms with Crippen molar-refractivity contribution in [1.29, 1.82) is 0 Å². The molecule has 100 valence electrons. The van der Waals surface area contributed by atoms with Gasteiger partial charge in [0.05, 0.1) is 0 Å². The van der Waals surface area contributed by atoms with Crippen molar-refractivity contribution in [1.82, 2.24) is 5.32 Å². The molecule has 2 rings (SSSR count). The van der Waals surface area contributed by atoms with Crippen molar-refractivity contribution in [3.8, 4) is 0 Å². The lowest BCUT2D eigenvalue weighted by atomic mass is 9.76. The summed E-state index contributed by atoms with van der Waals surface area (Å²) in [5.74, 6) is 1.70. The maximum Gasteiger partial charge on any atom is 0.0348 e. The number of benzene rings is 1. The highest BCUT2D eigenvalue weighted by Gasteiger charge is 2.27. The highest BCUT2D eigenvalue weighted by Crippen LogP contribution is 2.38. The van der Waals surface area contributed by atoms with Crippen molar-refractivity contribution in [2.24, 2.45) is 11.8 Å². The van der Waals surface area contributed by atoms with Crippen LogP contribution in [-0.4, -0.2) is 7.05 Å². The van der Waals surface area contributed by atoms with E-state index in [1.165, 1.54) is 42.4 Å². The van der Waals surface area contributed by atoms with Gasteiger partial charge in [-0.2, -0.15) is 0 Å². The Labute approximate surface area is 112 Å². The van der Waals surface area contributed by atoms with Crippen LogP contribution in [-0.2, 0) is 0 Å². The van der Waals surface area contributed by atoms with Crippen LogP contribution >= 0.6 is 0 Å². The van der Waals surface area contributed by atoms with Crippen LogP contribution in [0.15, 0.2) is 18.2 Å². The lowest BCUT2D eigenvalue weighted by Gasteiger charge is -2.34. The van der Waals surface area contributed by atoms with Crippen LogP contribution in [0.25, 0.3) is 0 Å². The monoisotopic (exact) mass is 245 g/mol. The Balaban J connectivity index is 2.24. The van der Waals surface area contributed by atoms with Gasteiger partial charge in [-0.05, 0) is 62.3 Å². The van der Waals surface area contributed by atoms with E-state index in [1.54, 1.807) is 0 Å². The molecule has 1 heteroatoms. The lowest BCUT2D eigenvalue weighted by molar-refractivity contribution is 0.229. The molecule has 3 unspecified atom stereocenters. The first-order valence-corrected chi connectivity index (χ1v) is 7.37. The zero-order valence-corrected chi connectivity index (χ0v) is 12.3. The molecule has 0 aromatic heterocycles. The second-order valence-corrected chi connectivity index (χ2v) is 6.09. The second kappa shape index (κ2) is 5.88. The highest BCUT2D eigenvalue weighted by atomic mass is 14.9. The van der Waals surface area contributed by atoms with E-state index >= 15 is 0 Å². The zero-order valence-electron chi connectivity index (χ0n) is 12.3. The van der Waals surface area contributed by atoms with Gasteiger partial charge in [0.2, 0.25) is 0 Å². The first kappa shape index (κ1) is 13.6. The van der Waals surface area contributed by atoms with Crippen LogP contribution in [0.5, 0.6) is 0 Å². The van der Waals surface area contributed by atoms with Crippen LogP contribution in [0, 0.1) is 25.7 Å². The summed E-state index contributed by atoms with van der Waals surface area (Å²) < 4.78 is 0. The van der Waals surface area contributed by atoms with E-state index in [-0.39, 0.29) is 0 Å². The van der Waals surface area contributed by atoms with Crippen LogP contribution in [0.4, 0.5) is 0 Å². The largest absolute Gasteiger partial charge is 0.313 e. The van der Waals surface area contributed by atoms with E-state index in [0.717, 1.165) is 11.8 Å². The number of aryl methyl sites for hydroxylation is 1. The summed E-state index contributed by atoms with van der Waals surface area (Å²) in [4.78, 5) is 0. The van der Waals surface area contributed by atoms with Crippen LogP contribution in [0.3, 0.4) is 0 Å². The third-order valence-corrected chi connectivity index (χ3v) is 4.74. The average molecular weight is 245 g/mol. The minimum absolute atomic E-state index is 0.535. The molecule has 1 N–H and O–H groups in total. The smallest absolute Gasteiger partial charge is 0.0348 e. The summed E-state index contributed by atoms with van der Waals surface area (Å²) in [6.07, 6.45) is 5.57. The van der Waals surface area contributed by atoms with Gasteiger partial charge < -0.3 is 5.32 Å². The van der Waals surface area contributed by atoms with Gasteiger partial charge in [0.1, 0.15) is 0 Å². The Morgan fingerprint density at radius 2 is 2.00 bits per heavy atom. The Kier molecular flexibility index (Phi) is 4.45. The molecule has 0 radical (unpaired) electrons. The fourth-order valence-electron chi connectivity index (χ4n) is 3.54. The lowest BCUT2D eigenvalue weighted by Crippen LogP contribution is -2.29. The molecule has 0 saturated heterocycles. The van der Waals surface area contributed by atoms with Crippen molar-refractivity contribution in [3.63, 3.8) is 0 Å². The first-order valence-electron chi connectivity index (χ1n) is 7.37. The van der Waals surface area contributed by atoms with Gasteiger partial charge in [-0.15, -0.1) is 0 Å². The predicted octanol–water partition coefficient (Wildman–Crippen LogP) is 4.39. The molecular formula is C17H27N. The summed E-state index contributed by atoms with van der Waals surface area (Å²) in [7, 11) is 2.12. The maximum absolute atomic E-state index is 3.58. The van der Waals surface area contributed by atoms with Crippen molar-refractivity contribution in [2.75, 3.05) is 7.05 Å². The molecular weight excluding hydrogens is 218 g/mol. The summed E-state index contributed by atoms with van der Waals surface area (Å²) in [5, 5.41) is 3.58. The third-order valence-electron chi connectivity index (χ3n) is 4.74. The average Bonchev–Trinajstić information content (AvgIpc) is 2.35. The van der Waals surface area contributed by atoms with E-state index in [0.29, 0.717) is 6.04 Å². The standard InChI is InChI=1S/C17H27N/c1-12-7-5-9-15(11-12)17(18-4)16-10-6-8-13(2)14(16)3/h6,8,10,12,15,17-18H,5,7,9,11H2,1-4H3. The molecule has 1 aliphatic carbocycles. The highest BCUT2D eigenvalue weighted by molar-refractivity contribution is 5.35. The topological polar surface area (TPSA) is 12.0 Å². The van der Waals surface area contributed by atoms with E-state index in [4.69, 9.17) is 0 Å². The van der Waals surface area contributed by atoms with Gasteiger partial charge in [0.25, 0.3) is 0 Å². The van der Waals surface area contributed by atoms with Gasteiger partial charge in [-0.1, -0.05) is 38.0 Å². The molecule has 0 bridgehead atoms. The number of hydrogen-bond acceptors (Lipinski definition) is 1. The minimum Gasteiger partial charge on any atom is -0.313 e. The zero-order chi connectivity index (χ0) is 13.1. The molecule has 1 aliphatic rings. The van der Waals surface area contributed by atoms with E-state index in [9.17, 15) is 0 Å². The van der Waals surface area contributed by atoms with Gasteiger partial charge in [0.15, 0.2) is 0 Å². The molecule has 18 heavy (non-hydrogen) atoms. The second-order valence-electron chi connectivity index (χ2n) is 6.09. The fourth-order valence-corrected chi connectivity index (χ4v) is 3.54. The molecule has 1 aromatic carbocycles. The first-order chi connectivity index (χ1) is 8.63. The third kappa shape index (κ3) is 2.77. The van der Waals surface area contributed by atoms with E-state index < -0.39 is 0 Å². The maximum atomic E-state index is 3.58. The van der Waals surface area contributed by atoms with Gasteiger partial charge >= 0.3 is 0 Å². The van der Waals surface area contributed by atoms with Gasteiger partial charge in [-0.3, -0.25) is 0 Å². The molecule has 1 saturated carbocycles. The van der Waals surface area contributed by atoms with Crippen LogP contribution in [0.2, 0.25) is 0 Å².